The first-order chi connectivity index (χ1) is 61.6. The topological polar surface area (TPSA) is 16.3 Å². The van der Waals surface area contributed by atoms with Gasteiger partial charge in [-0.25, -0.2) is 0 Å². The minimum Gasteiger partial charge on any atom is -0.310 e. The number of fused-ring (bicyclic) bond motifs is 6. The highest BCUT2D eigenvalue weighted by molar-refractivity contribution is 6.12. The molecule has 0 aliphatic carbocycles. The quantitative estimate of drug-likeness (QED) is 0.121. The van der Waals surface area contributed by atoms with E-state index in [-0.39, 0.29) is 16.7 Å². The lowest BCUT2D eigenvalue weighted by Crippen LogP contribution is -2.11. The average molecular weight is 1170 g/mol. The molecule has 16 aromatic rings. The summed E-state index contributed by atoms with van der Waals surface area (Å²) in [6.45, 7) is 0. The fourth-order valence-electron chi connectivity index (χ4n) is 10.1. The highest BCUT2D eigenvalue weighted by Gasteiger charge is 2.21. The van der Waals surface area contributed by atoms with Crippen LogP contribution >= 0.6 is 0 Å². The van der Waals surface area contributed by atoms with Gasteiger partial charge in [-0.3, -0.25) is 0 Å². The summed E-state index contributed by atoms with van der Waals surface area (Å²) < 4.78 is 385. The van der Waals surface area contributed by atoms with Gasteiger partial charge in [0.15, 0.2) is 0 Å². The molecule has 0 atom stereocenters. The molecule has 0 spiro atoms. The van der Waals surface area contributed by atoms with E-state index in [0.29, 0.717) is 15.0 Å². The molecule has 0 amide bonds. The molecule has 2 heterocycles. The zero-order valence-corrected chi connectivity index (χ0v) is 45.1. The van der Waals surface area contributed by atoms with Crippen molar-refractivity contribution in [2.75, 3.05) is 9.80 Å². The van der Waals surface area contributed by atoms with Gasteiger partial charge < -0.3 is 18.9 Å². The molecule has 16 rings (SSSR count). The smallest absolute Gasteiger partial charge is 0.0651 e. The van der Waals surface area contributed by atoms with Crippen LogP contribution in [0.5, 0.6) is 0 Å². The Labute approximate surface area is 574 Å². The first-order valence-electron chi connectivity index (χ1n) is 48.1. The molecule has 14 aromatic carbocycles. The van der Waals surface area contributed by atoms with E-state index in [1.54, 1.807) is 42.5 Å². The third kappa shape index (κ3) is 10.1. The van der Waals surface area contributed by atoms with Gasteiger partial charge in [0.05, 0.1) is 92.4 Å². The van der Waals surface area contributed by atoms with Gasteiger partial charge >= 0.3 is 0 Å². The molecular weight excluding hydrogens is 1060 g/mol. The number of hydrogen-bond acceptors (Lipinski definition) is 2. The van der Waals surface area contributed by atoms with E-state index in [2.05, 4.69) is 4.57 Å². The maximum absolute atomic E-state index is 9.86. The molecule has 4 heteroatoms. The van der Waals surface area contributed by atoms with Gasteiger partial charge in [-0.15, -0.1) is 0 Å². The van der Waals surface area contributed by atoms with Crippen LogP contribution in [0, 0.1) is 0 Å². The summed E-state index contributed by atoms with van der Waals surface area (Å²) in [5, 5.41) is 0.302. The normalized spacial score (nSPS) is 18.0. The van der Waals surface area contributed by atoms with Crippen molar-refractivity contribution in [1.82, 2.24) is 9.13 Å². The number of aromatic nitrogens is 2. The highest BCUT2D eigenvalue weighted by Crippen LogP contribution is 2.45. The molecule has 0 aliphatic heterocycles. The molecule has 0 saturated heterocycles. The Balaban J connectivity index is 0.000000207. The molecule has 88 heavy (non-hydrogen) atoms. The molecule has 0 bridgehead atoms. The van der Waals surface area contributed by atoms with Crippen molar-refractivity contribution in [2.45, 2.75) is 0 Å². The Hall–Kier alpha value is -11.7. The Kier molecular flexibility index (Phi) is 6.56. The van der Waals surface area contributed by atoms with E-state index < -0.39 is 344 Å². The largest absolute Gasteiger partial charge is 0.310 e. The van der Waals surface area contributed by atoms with Crippen LogP contribution < -0.4 is 9.80 Å². The van der Waals surface area contributed by atoms with Crippen LogP contribution in [-0.4, -0.2) is 9.13 Å². The maximum Gasteiger partial charge on any atom is 0.0651 e. The monoisotopic (exact) mass is 1170 g/mol. The summed E-state index contributed by atoms with van der Waals surface area (Å²) in [7, 11) is 0. The standard InChI is InChI=1S/2C42H30N2/c2*1-4-15-31(16-5-1)37-23-10-12-25-40(37)43(34-18-6-2-7-19-34)36-22-14-17-32(29-36)33-27-28-42-39(30-33)38-24-11-13-26-41(38)44(42)35-20-8-3-9-21-35/h2*1-30H/i1D,2D,3D,4D,5D,6D,7D,8D,9D,10D,11D,12D,13D,14D,15D,16D,17D,18D,19D,20D,21D,22D,23D,24D,25D,26D,27D,28D,29D,30D;2D,6D,7D,10D,12D,14D,17D,18D,19D,22D,23D,25D,29D. The van der Waals surface area contributed by atoms with Gasteiger partial charge in [-0.2, -0.15) is 0 Å². The van der Waals surface area contributed by atoms with Gasteiger partial charge in [0, 0.05) is 66.8 Å². The lowest BCUT2D eigenvalue weighted by molar-refractivity contribution is 1.18. The van der Waals surface area contributed by atoms with Crippen LogP contribution in [0.3, 0.4) is 0 Å². The van der Waals surface area contributed by atoms with Gasteiger partial charge in [0.25, 0.3) is 0 Å². The van der Waals surface area contributed by atoms with Crippen molar-refractivity contribution >= 4 is 77.7 Å². The van der Waals surface area contributed by atoms with E-state index in [9.17, 15) is 13.7 Å². The first-order valence-corrected chi connectivity index (χ1v) is 26.6. The zero-order chi connectivity index (χ0) is 96.0. The van der Waals surface area contributed by atoms with Gasteiger partial charge in [0.2, 0.25) is 0 Å². The Morgan fingerprint density at radius 3 is 1.36 bits per heavy atom. The van der Waals surface area contributed by atoms with E-state index >= 15 is 0 Å². The first kappa shape index (κ1) is 24.3. The maximum atomic E-state index is 9.86. The molecule has 0 fully saturated rings. The van der Waals surface area contributed by atoms with Crippen molar-refractivity contribution in [3.8, 4) is 55.9 Å². The van der Waals surface area contributed by atoms with Gasteiger partial charge in [-0.1, -0.05) is 242 Å². The minimum atomic E-state index is -1.31. The second kappa shape index (κ2) is 23.7. The number of para-hydroxylation sites is 8. The predicted molar refractivity (Wildman–Crippen MR) is 373 cm³/mol. The fraction of sp³-hybridized carbons (Fsp3) is 0. The molecule has 0 saturated carbocycles. The molecule has 0 unspecified atom stereocenters. The third-order valence-corrected chi connectivity index (χ3v) is 13.8. The van der Waals surface area contributed by atoms with E-state index in [0.717, 1.165) is 32.4 Å². The zero-order valence-electron chi connectivity index (χ0n) is 88.1. The summed E-state index contributed by atoms with van der Waals surface area (Å²) in [6.07, 6.45) is 0. The Morgan fingerprint density at radius 2 is 0.705 bits per heavy atom. The summed E-state index contributed by atoms with van der Waals surface area (Å²) in [5.41, 5.74) is -8.18. The second-order valence-electron chi connectivity index (χ2n) is 18.8. The van der Waals surface area contributed by atoms with E-state index in [1.165, 1.54) is 0 Å². The third-order valence-electron chi connectivity index (χ3n) is 13.8. The van der Waals surface area contributed by atoms with Gasteiger partial charge in [-0.05, 0) is 154 Å². The van der Waals surface area contributed by atoms with Crippen LogP contribution in [0.15, 0.2) is 363 Å². The second-order valence-corrected chi connectivity index (χ2v) is 18.8. The van der Waals surface area contributed by atoms with Gasteiger partial charge in [0.1, 0.15) is 0 Å². The Bertz CT molecular complexity index is 7650. The van der Waals surface area contributed by atoms with Crippen LogP contribution in [-0.2, 0) is 0 Å². The van der Waals surface area contributed by atoms with Crippen molar-refractivity contribution in [2.24, 2.45) is 0 Å². The van der Waals surface area contributed by atoms with Crippen LogP contribution in [0.2, 0.25) is 0 Å². The van der Waals surface area contributed by atoms with E-state index in [1.807, 2.05) is 60.7 Å². The summed E-state index contributed by atoms with van der Waals surface area (Å²) in [5.74, 6) is 0. The molecule has 2 aromatic heterocycles. The predicted octanol–water partition coefficient (Wildman–Crippen LogP) is 23.2. The average Bonchev–Trinajstić information content (AvgIpc) is 1.60. The van der Waals surface area contributed by atoms with Crippen LogP contribution in [0.25, 0.3) is 99.5 Å². The lowest BCUT2D eigenvalue weighted by Gasteiger charge is -2.28. The minimum absolute atomic E-state index is 0.107. The van der Waals surface area contributed by atoms with E-state index in [4.69, 9.17) is 45.2 Å². The number of anilines is 6. The van der Waals surface area contributed by atoms with Crippen LogP contribution in [0.1, 0.15) is 58.9 Å². The molecule has 0 radical (unpaired) electrons. The molecular formula is C84H60N4. The summed E-state index contributed by atoms with van der Waals surface area (Å²) in [6, 6.07) is -9.92. The lowest BCUT2D eigenvalue weighted by atomic mass is 10.00. The molecule has 0 aliphatic rings. The van der Waals surface area contributed by atoms with Crippen molar-refractivity contribution < 1.29 is 58.9 Å². The molecule has 4 nitrogen and oxygen atoms in total. The summed E-state index contributed by atoms with van der Waals surface area (Å²) in [4.78, 5) is 1.22. The molecule has 416 valence electrons. The number of hydrogen-bond donors (Lipinski definition) is 0. The van der Waals surface area contributed by atoms with Crippen molar-refractivity contribution in [3.05, 3.63) is 363 Å². The van der Waals surface area contributed by atoms with Crippen molar-refractivity contribution in [3.63, 3.8) is 0 Å². The Morgan fingerprint density at radius 1 is 0.239 bits per heavy atom. The number of benzene rings is 14. The number of rotatable bonds is 12. The highest BCUT2D eigenvalue weighted by atomic mass is 15.2. The number of nitrogens with zero attached hydrogens (tertiary/aromatic N) is 4. The fourth-order valence-corrected chi connectivity index (χ4v) is 10.1. The summed E-state index contributed by atoms with van der Waals surface area (Å²) >= 11 is 0. The molecule has 0 N–H and O–H groups in total. The SMILES string of the molecule is [2H]c1c([2H])c([2H])c(-c2c([2H])c([2H])c([2H])c([2H])c2N(c2c([2H])c([2H])c([2H])c([2H])c2[2H])c2c([2H])c([2H])c([2H])c(-c3c([2H])c([2H])c4c(c3[2H])c3c([2H])c([2H])c([2H])c([2H])c3n4-c3c([2H])c([2H])c([2H])c([2H])c3[2H])c2[2H])c([2H])c1[2H].[2H]c1c([2H])c([2H])c(N(c2c([2H])c([2H])c([2H])c(-c3ccc4c(c3)c3ccccc3n4-c3ccccc3)c2[2H])c2c([2H])c([2H])c([2H])c([2H])c2-c2ccccc2)c([2H])c1[2H]. The van der Waals surface area contributed by atoms with Crippen LogP contribution in [0.4, 0.5) is 34.1 Å². The van der Waals surface area contributed by atoms with Crippen molar-refractivity contribution in [1.29, 1.82) is 0 Å².